The van der Waals surface area contributed by atoms with Crippen LogP contribution in [-0.2, 0) is 7.05 Å². The van der Waals surface area contributed by atoms with E-state index in [1.807, 2.05) is 29.1 Å². The maximum absolute atomic E-state index is 12.2. The van der Waals surface area contributed by atoms with Gasteiger partial charge < -0.3 is 9.55 Å². The van der Waals surface area contributed by atoms with Gasteiger partial charge in [-0.1, -0.05) is 0 Å². The molecule has 0 bridgehead atoms. The molecule has 0 saturated heterocycles. The Kier molecular flexibility index (Phi) is 2.64. The van der Waals surface area contributed by atoms with Gasteiger partial charge in [-0.3, -0.25) is 14.8 Å². The molecule has 0 spiro atoms. The van der Waals surface area contributed by atoms with Crippen LogP contribution in [0, 0.1) is 0 Å². The van der Waals surface area contributed by atoms with Crippen LogP contribution in [0.3, 0.4) is 0 Å². The molecule has 0 aliphatic heterocycles. The number of rotatable bonds is 3. The molecule has 3 aromatic rings. The van der Waals surface area contributed by atoms with Crippen LogP contribution in [0.2, 0.25) is 0 Å². The van der Waals surface area contributed by atoms with Crippen LogP contribution in [0.5, 0.6) is 0 Å². The third-order valence-corrected chi connectivity index (χ3v) is 2.73. The van der Waals surface area contributed by atoms with Gasteiger partial charge in [-0.05, 0) is 12.1 Å². The van der Waals surface area contributed by atoms with Gasteiger partial charge in [0.15, 0.2) is 0 Å². The Hall–Kier alpha value is -2.83. The molecule has 0 unspecified atom stereocenters. The summed E-state index contributed by atoms with van der Waals surface area (Å²) in [5.74, 6) is 0.855. The molecule has 2 N–H and O–H groups in total. The number of hydrogen-bond acceptors (Lipinski definition) is 3. The van der Waals surface area contributed by atoms with Crippen molar-refractivity contribution >= 4 is 11.9 Å². The second kappa shape index (κ2) is 4.45. The van der Waals surface area contributed by atoms with Gasteiger partial charge in [0.2, 0.25) is 5.95 Å². The van der Waals surface area contributed by atoms with Crippen LogP contribution >= 0.6 is 0 Å². The van der Waals surface area contributed by atoms with E-state index in [1.165, 1.54) is 6.20 Å². The maximum atomic E-state index is 12.2. The Morgan fingerprint density at radius 2 is 2.16 bits per heavy atom. The topological polar surface area (TPSA) is 80.5 Å². The second-order valence-electron chi connectivity index (χ2n) is 3.99. The Morgan fingerprint density at radius 1 is 1.37 bits per heavy atom. The van der Waals surface area contributed by atoms with Crippen LogP contribution in [0.1, 0.15) is 10.4 Å². The van der Waals surface area contributed by atoms with Crippen molar-refractivity contribution in [2.45, 2.75) is 0 Å². The number of aryl methyl sites for hydroxylation is 1. The number of hydrogen-bond donors (Lipinski definition) is 2. The lowest BCUT2D eigenvalue weighted by Crippen LogP contribution is -2.15. The molecule has 3 aromatic heterocycles. The lowest BCUT2D eigenvalue weighted by atomic mass is 10.3. The normalized spacial score (nSPS) is 10.6. The van der Waals surface area contributed by atoms with E-state index in [4.69, 9.17) is 0 Å². The molecule has 7 nitrogen and oxygen atoms in total. The first kappa shape index (κ1) is 11.3. The largest absolute Gasteiger partial charge is 0.331 e. The summed E-state index contributed by atoms with van der Waals surface area (Å²) in [4.78, 5) is 19.0. The van der Waals surface area contributed by atoms with E-state index in [-0.39, 0.29) is 5.91 Å². The quantitative estimate of drug-likeness (QED) is 0.738. The van der Waals surface area contributed by atoms with Gasteiger partial charge in [-0.2, -0.15) is 5.10 Å². The monoisotopic (exact) mass is 256 g/mol. The molecule has 19 heavy (non-hydrogen) atoms. The van der Waals surface area contributed by atoms with E-state index < -0.39 is 0 Å². The van der Waals surface area contributed by atoms with E-state index in [0.717, 1.165) is 0 Å². The maximum Gasteiger partial charge on any atom is 0.263 e. The van der Waals surface area contributed by atoms with Crippen LogP contribution in [0.4, 0.5) is 5.95 Å². The first-order valence-electron chi connectivity index (χ1n) is 5.72. The summed E-state index contributed by atoms with van der Waals surface area (Å²) in [5.41, 5.74) is 0.482. The summed E-state index contributed by atoms with van der Waals surface area (Å²) < 4.78 is 3.49. The van der Waals surface area contributed by atoms with Crippen molar-refractivity contribution in [2.75, 3.05) is 5.32 Å². The number of aromatic amines is 1. The Bertz CT molecular complexity index is 680. The zero-order valence-corrected chi connectivity index (χ0v) is 10.2. The number of amides is 1. The van der Waals surface area contributed by atoms with Crippen molar-refractivity contribution in [3.63, 3.8) is 0 Å². The predicted molar refractivity (Wildman–Crippen MR) is 69.1 cm³/mol. The zero-order valence-electron chi connectivity index (χ0n) is 10.2. The van der Waals surface area contributed by atoms with Crippen molar-refractivity contribution in [1.29, 1.82) is 0 Å². The SMILES string of the molecule is Cn1ncc(C(=O)Nc2ncc[nH]2)c1-n1cccc1. The number of H-pyrrole nitrogens is 1. The summed E-state index contributed by atoms with van der Waals surface area (Å²) in [6.07, 6.45) is 8.48. The van der Waals surface area contributed by atoms with Crippen LogP contribution in [0.25, 0.3) is 5.82 Å². The highest BCUT2D eigenvalue weighted by Gasteiger charge is 2.17. The van der Waals surface area contributed by atoms with Crippen molar-refractivity contribution in [3.8, 4) is 5.82 Å². The van der Waals surface area contributed by atoms with Gasteiger partial charge in [-0.15, -0.1) is 0 Å². The van der Waals surface area contributed by atoms with Crippen LogP contribution in [-0.4, -0.2) is 30.2 Å². The Labute approximate surface area is 108 Å². The minimum Gasteiger partial charge on any atom is -0.331 e. The molecule has 0 aromatic carbocycles. The Balaban J connectivity index is 1.95. The predicted octanol–water partition coefficient (Wildman–Crippen LogP) is 1.19. The van der Waals surface area contributed by atoms with Crippen LogP contribution < -0.4 is 5.32 Å². The number of imidazole rings is 1. The van der Waals surface area contributed by atoms with Gasteiger partial charge >= 0.3 is 0 Å². The van der Waals surface area contributed by atoms with E-state index in [1.54, 1.807) is 24.1 Å². The van der Waals surface area contributed by atoms with E-state index in [2.05, 4.69) is 20.4 Å². The molecule has 0 aliphatic rings. The zero-order chi connectivity index (χ0) is 13.2. The molecular weight excluding hydrogens is 244 g/mol. The lowest BCUT2D eigenvalue weighted by molar-refractivity contribution is 0.102. The average Bonchev–Trinajstić information content (AvgIpc) is 3.08. The fraction of sp³-hybridized carbons (Fsp3) is 0.0833. The fourth-order valence-corrected chi connectivity index (χ4v) is 1.88. The van der Waals surface area contributed by atoms with Crippen molar-refractivity contribution in [2.24, 2.45) is 7.05 Å². The minimum absolute atomic E-state index is 0.258. The van der Waals surface area contributed by atoms with Crippen molar-refractivity contribution in [1.82, 2.24) is 24.3 Å². The highest BCUT2D eigenvalue weighted by atomic mass is 16.1. The number of nitrogens with zero attached hydrogens (tertiary/aromatic N) is 4. The second-order valence-corrected chi connectivity index (χ2v) is 3.99. The molecule has 0 fully saturated rings. The highest BCUT2D eigenvalue weighted by molar-refractivity contribution is 6.05. The average molecular weight is 256 g/mol. The molecular formula is C12H12N6O. The molecule has 0 atom stereocenters. The molecule has 7 heteroatoms. The summed E-state index contributed by atoms with van der Waals surface area (Å²) >= 11 is 0. The number of aromatic nitrogens is 5. The van der Waals surface area contributed by atoms with E-state index in [0.29, 0.717) is 17.3 Å². The molecule has 0 aliphatic carbocycles. The summed E-state index contributed by atoms with van der Waals surface area (Å²) in [7, 11) is 1.79. The number of anilines is 1. The molecule has 3 rings (SSSR count). The van der Waals surface area contributed by atoms with Gasteiger partial charge in [-0.25, -0.2) is 4.98 Å². The molecule has 0 radical (unpaired) electrons. The van der Waals surface area contributed by atoms with Gasteiger partial charge in [0.25, 0.3) is 5.91 Å². The number of nitrogens with one attached hydrogen (secondary N) is 2. The Morgan fingerprint density at radius 3 is 2.84 bits per heavy atom. The molecule has 1 amide bonds. The van der Waals surface area contributed by atoms with Gasteiger partial charge in [0, 0.05) is 31.8 Å². The van der Waals surface area contributed by atoms with E-state index >= 15 is 0 Å². The lowest BCUT2D eigenvalue weighted by Gasteiger charge is -2.07. The standard InChI is InChI=1S/C12H12N6O/c1-17-11(18-6-2-3-7-18)9(8-15-17)10(19)16-12-13-4-5-14-12/h2-8H,1H3,(H2,13,14,16,19). The summed E-state index contributed by atoms with van der Waals surface area (Å²) in [6, 6.07) is 3.78. The summed E-state index contributed by atoms with van der Waals surface area (Å²) in [5, 5.41) is 6.81. The van der Waals surface area contributed by atoms with Crippen molar-refractivity contribution < 1.29 is 4.79 Å². The smallest absolute Gasteiger partial charge is 0.263 e. The van der Waals surface area contributed by atoms with Gasteiger partial charge in [0.1, 0.15) is 11.4 Å². The third kappa shape index (κ3) is 2.01. The molecule has 0 saturated carbocycles. The number of carbonyl (C=O) groups excluding carboxylic acids is 1. The van der Waals surface area contributed by atoms with Crippen molar-refractivity contribution in [3.05, 3.63) is 48.7 Å². The van der Waals surface area contributed by atoms with Gasteiger partial charge in [0.05, 0.1) is 6.20 Å². The first-order chi connectivity index (χ1) is 9.25. The highest BCUT2D eigenvalue weighted by Crippen LogP contribution is 2.15. The fourth-order valence-electron chi connectivity index (χ4n) is 1.88. The third-order valence-electron chi connectivity index (χ3n) is 2.73. The van der Waals surface area contributed by atoms with Crippen LogP contribution in [0.15, 0.2) is 43.1 Å². The molecule has 96 valence electrons. The minimum atomic E-state index is -0.258. The first-order valence-corrected chi connectivity index (χ1v) is 5.72. The number of carbonyl (C=O) groups is 1. The van der Waals surface area contributed by atoms with E-state index in [9.17, 15) is 4.79 Å². The summed E-state index contributed by atoms with van der Waals surface area (Å²) in [6.45, 7) is 0. The molecule has 3 heterocycles.